The molecular formula is C13H15BrN4O2S. The second-order valence-corrected chi connectivity index (χ2v) is 7.92. The van der Waals surface area contributed by atoms with Crippen LogP contribution in [0.4, 0.5) is 5.95 Å². The topological polar surface area (TPSA) is 66.4 Å². The van der Waals surface area contributed by atoms with E-state index in [1.165, 1.54) is 10.6 Å². The SMILES string of the molecule is CS(=O)(=O)N1CCN(c2ncc3cc(Br)ccc3n2)CC1. The van der Waals surface area contributed by atoms with Gasteiger partial charge in [0.1, 0.15) is 0 Å². The molecule has 1 saturated heterocycles. The van der Waals surface area contributed by atoms with E-state index >= 15 is 0 Å². The molecule has 6 nitrogen and oxygen atoms in total. The number of halogens is 1. The van der Waals surface area contributed by atoms with Crippen molar-refractivity contribution < 1.29 is 8.42 Å². The highest BCUT2D eigenvalue weighted by Gasteiger charge is 2.24. The molecule has 2 aromatic rings. The number of anilines is 1. The fourth-order valence-corrected chi connectivity index (χ4v) is 3.57. The van der Waals surface area contributed by atoms with Crippen LogP contribution < -0.4 is 4.90 Å². The quantitative estimate of drug-likeness (QED) is 0.800. The van der Waals surface area contributed by atoms with E-state index in [1.54, 1.807) is 6.20 Å². The van der Waals surface area contributed by atoms with Crippen LogP contribution in [0.5, 0.6) is 0 Å². The van der Waals surface area contributed by atoms with Crippen molar-refractivity contribution in [3.63, 3.8) is 0 Å². The number of fused-ring (bicyclic) bond motifs is 1. The van der Waals surface area contributed by atoms with E-state index in [9.17, 15) is 8.42 Å². The van der Waals surface area contributed by atoms with Gasteiger partial charge in [0.2, 0.25) is 16.0 Å². The van der Waals surface area contributed by atoms with Crippen molar-refractivity contribution >= 4 is 42.8 Å². The molecular weight excluding hydrogens is 356 g/mol. The monoisotopic (exact) mass is 370 g/mol. The van der Waals surface area contributed by atoms with Crippen molar-refractivity contribution in [1.82, 2.24) is 14.3 Å². The molecule has 21 heavy (non-hydrogen) atoms. The zero-order chi connectivity index (χ0) is 15.0. The first-order valence-corrected chi connectivity index (χ1v) is 9.20. The molecule has 1 aromatic carbocycles. The van der Waals surface area contributed by atoms with E-state index in [0.29, 0.717) is 32.1 Å². The van der Waals surface area contributed by atoms with E-state index in [0.717, 1.165) is 15.4 Å². The van der Waals surface area contributed by atoms with E-state index in [2.05, 4.69) is 25.9 Å². The minimum atomic E-state index is -3.11. The lowest BCUT2D eigenvalue weighted by Gasteiger charge is -2.33. The number of hydrogen-bond donors (Lipinski definition) is 0. The predicted octanol–water partition coefficient (Wildman–Crippen LogP) is 1.47. The Morgan fingerprint density at radius 3 is 2.57 bits per heavy atom. The third kappa shape index (κ3) is 3.17. The minimum absolute atomic E-state index is 0.473. The molecule has 1 aliphatic heterocycles. The number of hydrogen-bond acceptors (Lipinski definition) is 5. The molecule has 0 spiro atoms. The molecule has 0 amide bonds. The van der Waals surface area contributed by atoms with E-state index < -0.39 is 10.0 Å². The van der Waals surface area contributed by atoms with Gasteiger partial charge in [-0.3, -0.25) is 0 Å². The van der Waals surface area contributed by atoms with Crippen molar-refractivity contribution in [1.29, 1.82) is 0 Å². The summed E-state index contributed by atoms with van der Waals surface area (Å²) in [6.45, 7) is 2.16. The summed E-state index contributed by atoms with van der Waals surface area (Å²) >= 11 is 3.42. The highest BCUT2D eigenvalue weighted by atomic mass is 79.9. The first-order valence-electron chi connectivity index (χ1n) is 6.56. The maximum absolute atomic E-state index is 11.5. The fourth-order valence-electron chi connectivity index (χ4n) is 2.37. The van der Waals surface area contributed by atoms with Gasteiger partial charge in [-0.05, 0) is 18.2 Å². The van der Waals surface area contributed by atoms with Crippen LogP contribution in [0, 0.1) is 0 Å². The summed E-state index contributed by atoms with van der Waals surface area (Å²) < 4.78 is 25.5. The molecule has 0 aliphatic carbocycles. The first kappa shape index (κ1) is 14.7. The Morgan fingerprint density at radius 2 is 1.90 bits per heavy atom. The van der Waals surface area contributed by atoms with Gasteiger partial charge in [0, 0.05) is 42.2 Å². The van der Waals surface area contributed by atoms with Crippen LogP contribution in [0.15, 0.2) is 28.9 Å². The maximum atomic E-state index is 11.5. The molecule has 8 heteroatoms. The normalized spacial score (nSPS) is 17.3. The zero-order valence-corrected chi connectivity index (χ0v) is 13.9. The van der Waals surface area contributed by atoms with Gasteiger partial charge in [-0.15, -0.1) is 0 Å². The van der Waals surface area contributed by atoms with Gasteiger partial charge >= 0.3 is 0 Å². The number of aromatic nitrogens is 2. The number of rotatable bonds is 2. The van der Waals surface area contributed by atoms with Crippen molar-refractivity contribution in [2.75, 3.05) is 37.3 Å². The lowest BCUT2D eigenvalue weighted by molar-refractivity contribution is 0.386. The molecule has 0 N–H and O–H groups in total. The van der Waals surface area contributed by atoms with Crippen LogP contribution in [-0.4, -0.2) is 55.1 Å². The third-order valence-corrected chi connectivity index (χ3v) is 5.32. The van der Waals surface area contributed by atoms with Crippen LogP contribution in [0.25, 0.3) is 10.9 Å². The second-order valence-electron chi connectivity index (χ2n) is 5.02. The molecule has 0 atom stereocenters. The van der Waals surface area contributed by atoms with Gasteiger partial charge < -0.3 is 4.90 Å². The van der Waals surface area contributed by atoms with Crippen molar-refractivity contribution in [3.05, 3.63) is 28.9 Å². The number of benzene rings is 1. The first-order chi connectivity index (χ1) is 9.93. The van der Waals surface area contributed by atoms with Gasteiger partial charge in [0.05, 0.1) is 11.8 Å². The highest BCUT2D eigenvalue weighted by molar-refractivity contribution is 9.10. The predicted molar refractivity (Wildman–Crippen MR) is 85.9 cm³/mol. The Balaban J connectivity index is 1.81. The summed E-state index contributed by atoms with van der Waals surface area (Å²) in [6, 6.07) is 5.86. The van der Waals surface area contributed by atoms with Crippen LogP contribution in [0.2, 0.25) is 0 Å². The van der Waals surface area contributed by atoms with Gasteiger partial charge in [0.25, 0.3) is 0 Å². The Bertz CT molecular complexity index is 773. The summed E-state index contributed by atoms with van der Waals surface area (Å²) in [5, 5.41) is 0.975. The summed E-state index contributed by atoms with van der Waals surface area (Å²) in [5.41, 5.74) is 0.883. The number of sulfonamides is 1. The molecule has 1 aromatic heterocycles. The lowest BCUT2D eigenvalue weighted by Crippen LogP contribution is -2.48. The number of piperazine rings is 1. The minimum Gasteiger partial charge on any atom is -0.338 e. The highest BCUT2D eigenvalue weighted by Crippen LogP contribution is 2.20. The summed E-state index contributed by atoms with van der Waals surface area (Å²) in [7, 11) is -3.11. The van der Waals surface area contributed by atoms with Crippen LogP contribution in [0.1, 0.15) is 0 Å². The summed E-state index contributed by atoms with van der Waals surface area (Å²) in [6.07, 6.45) is 3.04. The van der Waals surface area contributed by atoms with Gasteiger partial charge in [-0.2, -0.15) is 4.31 Å². The molecule has 0 unspecified atom stereocenters. The van der Waals surface area contributed by atoms with Crippen molar-refractivity contribution in [2.45, 2.75) is 0 Å². The van der Waals surface area contributed by atoms with Gasteiger partial charge in [-0.1, -0.05) is 15.9 Å². The summed E-state index contributed by atoms with van der Waals surface area (Å²) in [4.78, 5) is 11.0. The van der Waals surface area contributed by atoms with E-state index in [4.69, 9.17) is 0 Å². The number of nitrogens with zero attached hydrogens (tertiary/aromatic N) is 4. The Hall–Kier alpha value is -1.25. The molecule has 3 rings (SSSR count). The Kier molecular flexibility index (Phi) is 3.85. The molecule has 112 valence electrons. The van der Waals surface area contributed by atoms with Gasteiger partial charge in [0.15, 0.2) is 0 Å². The second kappa shape index (κ2) is 5.51. The van der Waals surface area contributed by atoms with Crippen LogP contribution >= 0.6 is 15.9 Å². The smallest absolute Gasteiger partial charge is 0.225 e. The van der Waals surface area contributed by atoms with E-state index in [-0.39, 0.29) is 0 Å². The molecule has 2 heterocycles. The maximum Gasteiger partial charge on any atom is 0.225 e. The van der Waals surface area contributed by atoms with Crippen molar-refractivity contribution in [2.24, 2.45) is 0 Å². The molecule has 1 aliphatic rings. The van der Waals surface area contributed by atoms with Crippen LogP contribution in [-0.2, 0) is 10.0 Å². The van der Waals surface area contributed by atoms with Crippen LogP contribution in [0.3, 0.4) is 0 Å². The van der Waals surface area contributed by atoms with Gasteiger partial charge in [-0.25, -0.2) is 18.4 Å². The Morgan fingerprint density at radius 1 is 1.19 bits per heavy atom. The largest absolute Gasteiger partial charge is 0.338 e. The molecule has 0 radical (unpaired) electrons. The Labute approximate surface area is 132 Å². The molecule has 1 fully saturated rings. The molecule has 0 bridgehead atoms. The summed E-state index contributed by atoms with van der Waals surface area (Å²) in [5.74, 6) is 0.651. The lowest BCUT2D eigenvalue weighted by atomic mass is 10.2. The average Bonchev–Trinajstić information content (AvgIpc) is 2.46. The average molecular weight is 371 g/mol. The zero-order valence-electron chi connectivity index (χ0n) is 11.5. The molecule has 0 saturated carbocycles. The fraction of sp³-hybridized carbons (Fsp3) is 0.385. The third-order valence-electron chi connectivity index (χ3n) is 3.52. The van der Waals surface area contributed by atoms with Crippen molar-refractivity contribution in [3.8, 4) is 0 Å². The van der Waals surface area contributed by atoms with E-state index in [1.807, 2.05) is 23.1 Å². The standard InChI is InChI=1S/C13H15BrN4O2S/c1-21(19,20)18-6-4-17(5-7-18)13-15-9-10-8-11(14)2-3-12(10)16-13/h2-3,8-9H,4-7H2,1H3.